The number of alkyl halides is 1. The monoisotopic (exact) mass is 299 g/mol. The van der Waals surface area contributed by atoms with Gasteiger partial charge >= 0.3 is 0 Å². The number of hydrogen-bond acceptors (Lipinski definition) is 3. The maximum atomic E-state index is 12.0. The van der Waals surface area contributed by atoms with Crippen LogP contribution in [0.15, 0.2) is 18.2 Å². The highest BCUT2D eigenvalue weighted by atomic mass is 35.5. The first-order valence-electron chi connectivity index (χ1n) is 6.83. The molecule has 0 saturated heterocycles. The number of rotatable bonds is 8. The molecule has 1 atom stereocenters. The van der Waals surface area contributed by atoms with Crippen molar-refractivity contribution < 1.29 is 14.6 Å². The number of methoxy groups -OCH3 is 1. The number of phenols is 1. The minimum Gasteiger partial charge on any atom is -0.507 e. The van der Waals surface area contributed by atoms with Gasteiger partial charge in [-0.1, -0.05) is 13.3 Å². The summed E-state index contributed by atoms with van der Waals surface area (Å²) in [5.41, 5.74) is 0.256. The van der Waals surface area contributed by atoms with Crippen LogP contribution in [0.1, 0.15) is 36.5 Å². The number of phenolic OH excluding ortho intramolecular Hbond substituents is 1. The van der Waals surface area contributed by atoms with Gasteiger partial charge in [0.2, 0.25) is 0 Å². The van der Waals surface area contributed by atoms with E-state index in [1.54, 1.807) is 12.1 Å². The summed E-state index contributed by atoms with van der Waals surface area (Å²) in [6, 6.07) is 4.63. The van der Waals surface area contributed by atoms with Crippen molar-refractivity contribution in [2.24, 2.45) is 5.92 Å². The van der Waals surface area contributed by atoms with Crippen molar-refractivity contribution in [1.82, 2.24) is 5.32 Å². The molecule has 0 aromatic heterocycles. The lowest BCUT2D eigenvalue weighted by Crippen LogP contribution is -2.29. The van der Waals surface area contributed by atoms with E-state index >= 15 is 0 Å². The first kappa shape index (κ1) is 16.6. The molecule has 0 saturated carbocycles. The summed E-state index contributed by atoms with van der Waals surface area (Å²) >= 11 is 5.76. The molecule has 1 rings (SSSR count). The zero-order valence-electron chi connectivity index (χ0n) is 12.0. The second-order valence-electron chi connectivity index (χ2n) is 4.73. The van der Waals surface area contributed by atoms with E-state index in [9.17, 15) is 9.90 Å². The number of nitrogens with one attached hydrogen (secondary N) is 1. The molecule has 0 heterocycles. The molecule has 4 nitrogen and oxygen atoms in total. The predicted octanol–water partition coefficient (Wildman–Crippen LogP) is 3.18. The highest BCUT2D eigenvalue weighted by Gasteiger charge is 2.14. The van der Waals surface area contributed by atoms with Crippen molar-refractivity contribution in [1.29, 1.82) is 0 Å². The molecule has 1 amide bonds. The van der Waals surface area contributed by atoms with Crippen molar-refractivity contribution in [3.8, 4) is 11.5 Å². The highest BCUT2D eigenvalue weighted by molar-refractivity contribution is 6.17. The van der Waals surface area contributed by atoms with E-state index in [0.29, 0.717) is 24.1 Å². The van der Waals surface area contributed by atoms with Gasteiger partial charge in [0.25, 0.3) is 5.91 Å². The Balaban J connectivity index is 2.61. The van der Waals surface area contributed by atoms with Crippen molar-refractivity contribution in [3.05, 3.63) is 23.8 Å². The number of carbonyl (C=O) groups excluding carboxylic acids is 1. The highest BCUT2D eigenvalue weighted by Crippen LogP contribution is 2.23. The van der Waals surface area contributed by atoms with E-state index in [1.807, 2.05) is 0 Å². The fraction of sp³-hybridized carbons (Fsp3) is 0.533. The average Bonchev–Trinajstić information content (AvgIpc) is 2.44. The molecule has 0 radical (unpaired) electrons. The van der Waals surface area contributed by atoms with Gasteiger partial charge in [0.05, 0.1) is 12.7 Å². The molecule has 112 valence electrons. The van der Waals surface area contributed by atoms with Crippen LogP contribution in [0.25, 0.3) is 0 Å². The minimum atomic E-state index is -0.277. The van der Waals surface area contributed by atoms with E-state index in [1.165, 1.54) is 13.2 Å². The summed E-state index contributed by atoms with van der Waals surface area (Å²) in [7, 11) is 1.51. The van der Waals surface area contributed by atoms with Crippen molar-refractivity contribution in [2.75, 3.05) is 19.5 Å². The predicted molar refractivity (Wildman–Crippen MR) is 80.7 cm³/mol. The summed E-state index contributed by atoms with van der Waals surface area (Å²) in [6.07, 6.45) is 2.97. The zero-order chi connectivity index (χ0) is 15.0. The molecule has 0 fully saturated rings. The molecule has 0 aliphatic carbocycles. The average molecular weight is 300 g/mol. The summed E-state index contributed by atoms with van der Waals surface area (Å²) in [5.74, 6) is 1.13. The molecule has 0 spiro atoms. The molecule has 1 aromatic carbocycles. The van der Waals surface area contributed by atoms with Crippen LogP contribution in [0, 0.1) is 5.92 Å². The van der Waals surface area contributed by atoms with Crippen LogP contribution >= 0.6 is 11.6 Å². The first-order chi connectivity index (χ1) is 9.62. The molecule has 0 aliphatic heterocycles. The molecular weight excluding hydrogens is 278 g/mol. The van der Waals surface area contributed by atoms with Crippen LogP contribution in [0.2, 0.25) is 0 Å². The maximum absolute atomic E-state index is 12.0. The molecule has 2 N–H and O–H groups in total. The third-order valence-corrected chi connectivity index (χ3v) is 3.43. The topological polar surface area (TPSA) is 58.6 Å². The van der Waals surface area contributed by atoms with Gasteiger partial charge in [0.1, 0.15) is 11.5 Å². The lowest BCUT2D eigenvalue weighted by molar-refractivity contribution is 0.0943. The summed E-state index contributed by atoms with van der Waals surface area (Å²) in [6.45, 7) is 2.68. The second-order valence-corrected chi connectivity index (χ2v) is 5.10. The van der Waals surface area contributed by atoms with Crippen LogP contribution in [0.4, 0.5) is 0 Å². The molecule has 0 bridgehead atoms. The molecule has 1 aromatic rings. The van der Waals surface area contributed by atoms with Gasteiger partial charge < -0.3 is 15.2 Å². The Hall–Kier alpha value is -1.42. The zero-order valence-corrected chi connectivity index (χ0v) is 12.7. The number of carbonyl (C=O) groups is 1. The van der Waals surface area contributed by atoms with Crippen LogP contribution in [-0.2, 0) is 0 Å². The lowest BCUT2D eigenvalue weighted by atomic mass is 10.0. The smallest absolute Gasteiger partial charge is 0.255 e. The normalized spacial score (nSPS) is 11.9. The Morgan fingerprint density at radius 1 is 1.45 bits per heavy atom. The number of amides is 1. The Labute approximate surface area is 125 Å². The van der Waals surface area contributed by atoms with E-state index < -0.39 is 0 Å². The van der Waals surface area contributed by atoms with Gasteiger partial charge in [-0.05, 0) is 30.9 Å². The van der Waals surface area contributed by atoms with Gasteiger partial charge in [-0.3, -0.25) is 4.79 Å². The maximum Gasteiger partial charge on any atom is 0.255 e. The molecule has 20 heavy (non-hydrogen) atoms. The molecule has 0 aliphatic rings. The summed E-state index contributed by atoms with van der Waals surface area (Å²) < 4.78 is 4.99. The molecule has 1 unspecified atom stereocenters. The SMILES string of the molecule is CCCC(CCCl)CNC(=O)c1ccc(OC)cc1O. The number of ether oxygens (including phenoxy) is 1. The largest absolute Gasteiger partial charge is 0.507 e. The minimum absolute atomic E-state index is 0.0776. The number of hydrogen-bond donors (Lipinski definition) is 2. The van der Waals surface area contributed by atoms with Crippen LogP contribution in [-0.4, -0.2) is 30.5 Å². The Bertz CT molecular complexity index is 431. The fourth-order valence-electron chi connectivity index (χ4n) is 2.07. The number of benzene rings is 1. The third kappa shape index (κ3) is 4.93. The van der Waals surface area contributed by atoms with Gasteiger partial charge in [-0.15, -0.1) is 11.6 Å². The van der Waals surface area contributed by atoms with Crippen molar-refractivity contribution >= 4 is 17.5 Å². The van der Waals surface area contributed by atoms with E-state index in [4.69, 9.17) is 16.3 Å². The van der Waals surface area contributed by atoms with E-state index in [-0.39, 0.29) is 17.2 Å². The van der Waals surface area contributed by atoms with Crippen molar-refractivity contribution in [3.63, 3.8) is 0 Å². The Morgan fingerprint density at radius 2 is 2.20 bits per heavy atom. The van der Waals surface area contributed by atoms with Crippen LogP contribution < -0.4 is 10.1 Å². The quantitative estimate of drug-likeness (QED) is 0.725. The Kier molecular flexibility index (Phi) is 7.23. The Morgan fingerprint density at radius 3 is 2.75 bits per heavy atom. The van der Waals surface area contributed by atoms with E-state index in [0.717, 1.165) is 19.3 Å². The standard InChI is InChI=1S/C15H22ClNO3/c1-3-4-11(7-8-16)10-17-15(19)13-6-5-12(20-2)9-14(13)18/h5-6,9,11,18H,3-4,7-8,10H2,1-2H3,(H,17,19). The van der Waals surface area contributed by atoms with Gasteiger partial charge in [0.15, 0.2) is 0 Å². The van der Waals surface area contributed by atoms with Gasteiger partial charge in [-0.25, -0.2) is 0 Å². The van der Waals surface area contributed by atoms with Gasteiger partial charge in [0, 0.05) is 18.5 Å². The molecule has 5 heteroatoms. The van der Waals surface area contributed by atoms with Crippen LogP contribution in [0.5, 0.6) is 11.5 Å². The third-order valence-electron chi connectivity index (χ3n) is 3.22. The number of aromatic hydroxyl groups is 1. The first-order valence-corrected chi connectivity index (χ1v) is 7.37. The summed E-state index contributed by atoms with van der Waals surface area (Å²) in [5, 5.41) is 12.7. The molecular formula is C15H22ClNO3. The summed E-state index contributed by atoms with van der Waals surface area (Å²) in [4.78, 5) is 12.0. The van der Waals surface area contributed by atoms with Gasteiger partial charge in [-0.2, -0.15) is 0 Å². The fourth-order valence-corrected chi connectivity index (χ4v) is 2.38. The number of halogens is 1. The van der Waals surface area contributed by atoms with Crippen molar-refractivity contribution in [2.45, 2.75) is 26.2 Å². The van der Waals surface area contributed by atoms with Crippen LogP contribution in [0.3, 0.4) is 0 Å². The van der Waals surface area contributed by atoms with E-state index in [2.05, 4.69) is 12.2 Å². The lowest BCUT2D eigenvalue weighted by Gasteiger charge is -2.16. The second kappa shape index (κ2) is 8.69.